The molecular formula is C18H17ClN4O2. The number of aromatic nitrogens is 2. The first-order valence-corrected chi connectivity index (χ1v) is 8.18. The lowest BCUT2D eigenvalue weighted by Crippen LogP contribution is -2.13. The Balaban J connectivity index is 1.53. The zero-order valence-electron chi connectivity index (χ0n) is 13.4. The standard InChI is InChI=1S/C18H17ClN4O2/c19-17-7-6-16(10-18(17)23(24)25)12-20-11-14-2-4-15(5-3-14)13-22-9-1-8-21-22/h1-10,20H,11-13H2. The molecule has 0 bridgehead atoms. The summed E-state index contributed by atoms with van der Waals surface area (Å²) < 4.78 is 1.88. The second kappa shape index (κ2) is 7.92. The molecule has 3 rings (SSSR count). The molecule has 0 amide bonds. The Morgan fingerprint density at radius 3 is 2.44 bits per heavy atom. The third kappa shape index (κ3) is 4.65. The van der Waals surface area contributed by atoms with Crippen LogP contribution in [0.1, 0.15) is 16.7 Å². The Kier molecular flexibility index (Phi) is 5.42. The van der Waals surface area contributed by atoms with Crippen molar-refractivity contribution in [3.8, 4) is 0 Å². The minimum Gasteiger partial charge on any atom is -0.309 e. The van der Waals surface area contributed by atoms with Crippen molar-refractivity contribution in [3.63, 3.8) is 0 Å². The van der Waals surface area contributed by atoms with Gasteiger partial charge in [0.25, 0.3) is 5.69 Å². The highest BCUT2D eigenvalue weighted by Crippen LogP contribution is 2.25. The summed E-state index contributed by atoms with van der Waals surface area (Å²) in [5.41, 5.74) is 3.09. The van der Waals surface area contributed by atoms with Crippen LogP contribution in [0.2, 0.25) is 5.02 Å². The fourth-order valence-electron chi connectivity index (χ4n) is 2.50. The van der Waals surface area contributed by atoms with Gasteiger partial charge in [-0.2, -0.15) is 5.10 Å². The topological polar surface area (TPSA) is 73.0 Å². The van der Waals surface area contributed by atoms with Crippen molar-refractivity contribution >= 4 is 17.3 Å². The molecule has 0 aliphatic rings. The van der Waals surface area contributed by atoms with E-state index >= 15 is 0 Å². The van der Waals surface area contributed by atoms with E-state index in [1.165, 1.54) is 11.6 Å². The lowest BCUT2D eigenvalue weighted by atomic mass is 10.1. The number of hydrogen-bond donors (Lipinski definition) is 1. The molecule has 128 valence electrons. The van der Waals surface area contributed by atoms with Gasteiger partial charge in [-0.3, -0.25) is 14.8 Å². The molecule has 0 unspecified atom stereocenters. The van der Waals surface area contributed by atoms with E-state index in [1.807, 2.05) is 16.9 Å². The summed E-state index contributed by atoms with van der Waals surface area (Å²) in [6.07, 6.45) is 3.69. The van der Waals surface area contributed by atoms with Gasteiger partial charge in [0.1, 0.15) is 5.02 Å². The molecule has 6 nitrogen and oxygen atoms in total. The number of hydrogen-bond acceptors (Lipinski definition) is 4. The molecule has 0 spiro atoms. The van der Waals surface area contributed by atoms with Gasteiger partial charge in [0.2, 0.25) is 0 Å². The van der Waals surface area contributed by atoms with Crippen LogP contribution < -0.4 is 5.32 Å². The van der Waals surface area contributed by atoms with Crippen LogP contribution in [0.4, 0.5) is 5.69 Å². The Bertz CT molecular complexity index is 848. The number of nitrogens with one attached hydrogen (secondary N) is 1. The maximum Gasteiger partial charge on any atom is 0.288 e. The van der Waals surface area contributed by atoms with Crippen molar-refractivity contribution in [2.24, 2.45) is 0 Å². The van der Waals surface area contributed by atoms with E-state index in [4.69, 9.17) is 11.6 Å². The summed E-state index contributed by atoms with van der Waals surface area (Å²) in [5, 5.41) is 18.5. The Hall–Kier alpha value is -2.70. The minimum absolute atomic E-state index is 0.0658. The zero-order valence-corrected chi connectivity index (χ0v) is 14.2. The van der Waals surface area contributed by atoms with Crippen LogP contribution in [0.3, 0.4) is 0 Å². The van der Waals surface area contributed by atoms with Crippen molar-refractivity contribution in [2.45, 2.75) is 19.6 Å². The van der Waals surface area contributed by atoms with Crippen LogP contribution in [0, 0.1) is 10.1 Å². The van der Waals surface area contributed by atoms with Crippen LogP contribution in [0.15, 0.2) is 60.9 Å². The number of benzene rings is 2. The van der Waals surface area contributed by atoms with Gasteiger partial charge < -0.3 is 5.32 Å². The number of halogens is 1. The van der Waals surface area contributed by atoms with Crippen molar-refractivity contribution in [1.29, 1.82) is 0 Å². The fraction of sp³-hybridized carbons (Fsp3) is 0.167. The van der Waals surface area contributed by atoms with E-state index in [0.29, 0.717) is 13.1 Å². The molecule has 1 aromatic heterocycles. The first kappa shape index (κ1) is 17.1. The molecule has 0 saturated carbocycles. The maximum absolute atomic E-state index is 10.9. The van der Waals surface area contributed by atoms with E-state index in [0.717, 1.165) is 17.7 Å². The molecule has 0 fully saturated rings. The number of rotatable bonds is 7. The van der Waals surface area contributed by atoms with Gasteiger partial charge in [0, 0.05) is 31.5 Å². The normalized spacial score (nSPS) is 10.8. The van der Waals surface area contributed by atoms with Crippen molar-refractivity contribution in [1.82, 2.24) is 15.1 Å². The zero-order chi connectivity index (χ0) is 17.6. The Morgan fingerprint density at radius 2 is 1.76 bits per heavy atom. The first-order chi connectivity index (χ1) is 12.1. The molecule has 3 aromatic rings. The molecular weight excluding hydrogens is 340 g/mol. The quantitative estimate of drug-likeness (QED) is 0.516. The average Bonchev–Trinajstić information content (AvgIpc) is 3.11. The van der Waals surface area contributed by atoms with Crippen LogP contribution in [0.5, 0.6) is 0 Å². The SMILES string of the molecule is O=[N+]([O-])c1cc(CNCc2ccc(Cn3cccn3)cc2)ccc1Cl. The van der Waals surface area contributed by atoms with Crippen molar-refractivity contribution in [3.05, 3.63) is 92.8 Å². The van der Waals surface area contributed by atoms with Crippen LogP contribution in [-0.4, -0.2) is 14.7 Å². The highest BCUT2D eigenvalue weighted by Gasteiger charge is 2.12. The minimum atomic E-state index is -0.468. The van der Waals surface area contributed by atoms with Gasteiger partial charge in [-0.05, 0) is 28.8 Å². The predicted octanol–water partition coefficient (Wildman–Crippen LogP) is 3.78. The number of nitrogens with zero attached hydrogens (tertiary/aromatic N) is 3. The first-order valence-electron chi connectivity index (χ1n) is 7.80. The smallest absolute Gasteiger partial charge is 0.288 e. The molecule has 1 heterocycles. The second-order valence-electron chi connectivity index (χ2n) is 5.67. The molecule has 0 saturated heterocycles. The molecule has 7 heteroatoms. The van der Waals surface area contributed by atoms with Crippen molar-refractivity contribution in [2.75, 3.05) is 0 Å². The van der Waals surface area contributed by atoms with Gasteiger partial charge in [0.05, 0.1) is 11.5 Å². The Morgan fingerprint density at radius 1 is 1.08 bits per heavy atom. The summed E-state index contributed by atoms with van der Waals surface area (Å²) in [6.45, 7) is 1.96. The Labute approximate surface area is 150 Å². The summed E-state index contributed by atoms with van der Waals surface area (Å²) in [4.78, 5) is 10.4. The predicted molar refractivity (Wildman–Crippen MR) is 96.4 cm³/mol. The second-order valence-corrected chi connectivity index (χ2v) is 6.07. The van der Waals surface area contributed by atoms with Gasteiger partial charge in [-0.15, -0.1) is 0 Å². The average molecular weight is 357 g/mol. The van der Waals surface area contributed by atoms with Gasteiger partial charge in [-0.1, -0.05) is 41.9 Å². The van der Waals surface area contributed by atoms with Crippen LogP contribution in [0.25, 0.3) is 0 Å². The largest absolute Gasteiger partial charge is 0.309 e. The third-order valence-corrected chi connectivity index (χ3v) is 4.11. The molecule has 0 aliphatic carbocycles. The molecule has 25 heavy (non-hydrogen) atoms. The highest BCUT2D eigenvalue weighted by molar-refractivity contribution is 6.32. The third-order valence-electron chi connectivity index (χ3n) is 3.79. The van der Waals surface area contributed by atoms with Crippen LogP contribution >= 0.6 is 11.6 Å². The van der Waals surface area contributed by atoms with Crippen LogP contribution in [-0.2, 0) is 19.6 Å². The summed E-state index contributed by atoms with van der Waals surface area (Å²) in [6, 6.07) is 15.0. The fourth-order valence-corrected chi connectivity index (χ4v) is 2.69. The lowest BCUT2D eigenvalue weighted by Gasteiger charge is -2.07. The van der Waals surface area contributed by atoms with E-state index in [9.17, 15) is 10.1 Å². The molecule has 1 N–H and O–H groups in total. The van der Waals surface area contributed by atoms with E-state index in [1.54, 1.807) is 18.3 Å². The summed E-state index contributed by atoms with van der Waals surface area (Å²) in [5.74, 6) is 0. The molecule has 2 aromatic carbocycles. The van der Waals surface area contributed by atoms with E-state index in [2.05, 4.69) is 34.7 Å². The van der Waals surface area contributed by atoms with E-state index < -0.39 is 4.92 Å². The van der Waals surface area contributed by atoms with Gasteiger partial charge >= 0.3 is 0 Å². The summed E-state index contributed by atoms with van der Waals surface area (Å²) in [7, 11) is 0. The maximum atomic E-state index is 10.9. The monoisotopic (exact) mass is 356 g/mol. The highest BCUT2D eigenvalue weighted by atomic mass is 35.5. The lowest BCUT2D eigenvalue weighted by molar-refractivity contribution is -0.384. The number of nitro groups is 1. The molecule has 0 atom stereocenters. The van der Waals surface area contributed by atoms with Gasteiger partial charge in [-0.25, -0.2) is 0 Å². The molecule has 0 radical (unpaired) electrons. The molecule has 0 aliphatic heterocycles. The van der Waals surface area contributed by atoms with E-state index in [-0.39, 0.29) is 10.7 Å². The number of nitro benzene ring substituents is 1. The summed E-state index contributed by atoms with van der Waals surface area (Å²) >= 11 is 5.82. The van der Waals surface area contributed by atoms with Gasteiger partial charge in [0.15, 0.2) is 0 Å². The van der Waals surface area contributed by atoms with Crippen molar-refractivity contribution < 1.29 is 4.92 Å².